The molecule has 0 atom stereocenters. The topological polar surface area (TPSA) is 43.3 Å². The summed E-state index contributed by atoms with van der Waals surface area (Å²) in [5.74, 6) is 0. The largest absolute Gasteiger partial charge is 0.330 e. The Morgan fingerprint density at radius 3 is 2.65 bits per heavy atom. The van der Waals surface area contributed by atoms with E-state index in [1.165, 1.54) is 5.56 Å². The van der Waals surface area contributed by atoms with Crippen LogP contribution in [0, 0.1) is 0 Å². The monoisotopic (exact) mass is 285 g/mol. The third kappa shape index (κ3) is 2.55. The fraction of sp³-hybridized carbons (Fsp3) is 0.188. The highest BCUT2D eigenvalue weighted by Crippen LogP contribution is 2.19. The second-order valence-electron chi connectivity index (χ2n) is 4.78. The molecule has 0 aliphatic carbocycles. The smallest absolute Gasteiger partial charge is 0.137 e. The van der Waals surface area contributed by atoms with E-state index in [1.54, 1.807) is 0 Å². The maximum absolute atomic E-state index is 6.08. The summed E-state index contributed by atoms with van der Waals surface area (Å²) in [5, 5.41) is 0.708. The van der Waals surface area contributed by atoms with Crippen LogP contribution in [0.25, 0.3) is 5.65 Å². The van der Waals surface area contributed by atoms with Gasteiger partial charge in [-0.05, 0) is 24.2 Å². The summed E-state index contributed by atoms with van der Waals surface area (Å²) in [4.78, 5) is 4.72. The lowest BCUT2D eigenvalue weighted by Gasteiger charge is -2.04. The molecule has 102 valence electrons. The molecule has 2 heterocycles. The Kier molecular flexibility index (Phi) is 3.72. The van der Waals surface area contributed by atoms with E-state index in [1.807, 2.05) is 40.9 Å². The zero-order chi connectivity index (χ0) is 13.9. The van der Waals surface area contributed by atoms with Gasteiger partial charge in [-0.25, -0.2) is 4.98 Å². The number of hydrogen-bond acceptors (Lipinski definition) is 2. The number of nitrogens with zero attached hydrogens (tertiary/aromatic N) is 2. The van der Waals surface area contributed by atoms with Crippen LogP contribution < -0.4 is 5.73 Å². The lowest BCUT2D eigenvalue weighted by Crippen LogP contribution is -2.07. The van der Waals surface area contributed by atoms with Crippen molar-refractivity contribution in [3.8, 4) is 0 Å². The van der Waals surface area contributed by atoms with Gasteiger partial charge in [-0.2, -0.15) is 0 Å². The molecule has 0 radical (unpaired) electrons. The summed E-state index contributed by atoms with van der Waals surface area (Å²) in [6.45, 7) is 0.599. The first kappa shape index (κ1) is 13.2. The van der Waals surface area contributed by atoms with E-state index >= 15 is 0 Å². The number of pyridine rings is 1. The van der Waals surface area contributed by atoms with Crippen molar-refractivity contribution >= 4 is 17.2 Å². The molecule has 3 aromatic rings. The third-order valence-corrected chi connectivity index (χ3v) is 3.58. The molecule has 0 saturated carbocycles. The molecule has 0 unspecified atom stereocenters. The van der Waals surface area contributed by atoms with Gasteiger partial charge < -0.3 is 10.1 Å². The Morgan fingerprint density at radius 2 is 1.90 bits per heavy atom. The molecule has 0 fully saturated rings. The van der Waals surface area contributed by atoms with Crippen LogP contribution in [0.4, 0.5) is 0 Å². The number of aromatic nitrogens is 2. The highest BCUT2D eigenvalue weighted by atomic mass is 35.5. The van der Waals surface area contributed by atoms with Gasteiger partial charge in [0.25, 0.3) is 0 Å². The Bertz CT molecular complexity index is 719. The van der Waals surface area contributed by atoms with Gasteiger partial charge in [-0.15, -0.1) is 0 Å². The van der Waals surface area contributed by atoms with Crippen molar-refractivity contribution in [2.75, 3.05) is 6.54 Å². The van der Waals surface area contributed by atoms with Crippen molar-refractivity contribution < 1.29 is 0 Å². The highest BCUT2D eigenvalue weighted by Gasteiger charge is 2.12. The molecule has 2 N–H and O–H groups in total. The first-order valence-electron chi connectivity index (χ1n) is 6.67. The van der Waals surface area contributed by atoms with Crippen LogP contribution in [-0.4, -0.2) is 15.9 Å². The van der Waals surface area contributed by atoms with Crippen LogP contribution in [-0.2, 0) is 12.8 Å². The Hall–Kier alpha value is -1.84. The van der Waals surface area contributed by atoms with Crippen molar-refractivity contribution in [3.05, 3.63) is 70.6 Å². The maximum atomic E-state index is 6.08. The van der Waals surface area contributed by atoms with Gasteiger partial charge in [0, 0.05) is 24.7 Å². The van der Waals surface area contributed by atoms with Gasteiger partial charge in [-0.3, -0.25) is 0 Å². The second kappa shape index (κ2) is 5.65. The minimum Gasteiger partial charge on any atom is -0.330 e. The number of hydrogen-bond donors (Lipinski definition) is 1. The number of imidazole rings is 1. The first-order valence-corrected chi connectivity index (χ1v) is 7.05. The third-order valence-electron chi connectivity index (χ3n) is 3.36. The standard InChI is InChI=1S/C16H16ClN3/c17-13-6-7-16-19-14(10-12-4-2-1-3-5-12)15(8-9-18)20(16)11-13/h1-7,11H,8-10,18H2. The van der Waals surface area contributed by atoms with Crippen molar-refractivity contribution in [2.45, 2.75) is 12.8 Å². The SMILES string of the molecule is NCCc1c(Cc2ccccc2)nc2ccc(Cl)cn12. The van der Waals surface area contributed by atoms with Crippen molar-refractivity contribution in [3.63, 3.8) is 0 Å². The lowest BCUT2D eigenvalue weighted by molar-refractivity contribution is 0.882. The average molecular weight is 286 g/mol. The Morgan fingerprint density at radius 1 is 1.10 bits per heavy atom. The van der Waals surface area contributed by atoms with Gasteiger partial charge in [0.05, 0.1) is 10.7 Å². The normalized spacial score (nSPS) is 11.1. The van der Waals surface area contributed by atoms with Crippen LogP contribution >= 0.6 is 11.6 Å². The summed E-state index contributed by atoms with van der Waals surface area (Å²) in [5.41, 5.74) is 10.1. The molecule has 3 rings (SSSR count). The summed E-state index contributed by atoms with van der Waals surface area (Å²) in [7, 11) is 0. The molecule has 20 heavy (non-hydrogen) atoms. The molecule has 0 aliphatic heterocycles. The molecular weight excluding hydrogens is 270 g/mol. The van der Waals surface area contributed by atoms with E-state index < -0.39 is 0 Å². The molecule has 0 aliphatic rings. The fourth-order valence-corrected chi connectivity index (χ4v) is 2.61. The molecule has 3 nitrogen and oxygen atoms in total. The van der Waals surface area contributed by atoms with Crippen LogP contribution in [0.2, 0.25) is 5.02 Å². The maximum Gasteiger partial charge on any atom is 0.137 e. The predicted molar refractivity (Wildman–Crippen MR) is 82.2 cm³/mol. The van der Waals surface area contributed by atoms with Gasteiger partial charge in [-0.1, -0.05) is 41.9 Å². The number of nitrogens with two attached hydrogens (primary N) is 1. The molecule has 0 amide bonds. The van der Waals surface area contributed by atoms with Crippen LogP contribution in [0.5, 0.6) is 0 Å². The molecule has 0 spiro atoms. The van der Waals surface area contributed by atoms with Crippen LogP contribution in [0.1, 0.15) is 17.0 Å². The second-order valence-corrected chi connectivity index (χ2v) is 5.22. The van der Waals surface area contributed by atoms with Crippen LogP contribution in [0.15, 0.2) is 48.7 Å². The number of benzene rings is 1. The summed E-state index contributed by atoms with van der Waals surface area (Å²) in [6.07, 6.45) is 3.52. The average Bonchev–Trinajstić information content (AvgIpc) is 2.78. The molecule has 0 saturated heterocycles. The van der Waals surface area contributed by atoms with E-state index in [4.69, 9.17) is 22.3 Å². The van der Waals surface area contributed by atoms with Crippen LogP contribution in [0.3, 0.4) is 0 Å². The van der Waals surface area contributed by atoms with Gasteiger partial charge >= 0.3 is 0 Å². The highest BCUT2D eigenvalue weighted by molar-refractivity contribution is 6.30. The summed E-state index contributed by atoms with van der Waals surface area (Å²) in [6, 6.07) is 14.1. The number of fused-ring (bicyclic) bond motifs is 1. The van der Waals surface area contributed by atoms with Crippen molar-refractivity contribution in [2.24, 2.45) is 5.73 Å². The molecule has 2 aromatic heterocycles. The molecule has 4 heteroatoms. The number of rotatable bonds is 4. The molecular formula is C16H16ClN3. The van der Waals surface area contributed by atoms with Gasteiger partial charge in [0.2, 0.25) is 0 Å². The summed E-state index contributed by atoms with van der Waals surface area (Å²) < 4.78 is 2.05. The van der Waals surface area contributed by atoms with E-state index in [-0.39, 0.29) is 0 Å². The quantitative estimate of drug-likeness (QED) is 0.800. The first-order chi connectivity index (χ1) is 9.78. The van der Waals surface area contributed by atoms with Crippen molar-refractivity contribution in [1.82, 2.24) is 9.38 Å². The van der Waals surface area contributed by atoms with E-state index in [9.17, 15) is 0 Å². The molecule has 0 bridgehead atoms. The number of halogens is 1. The van der Waals surface area contributed by atoms with E-state index in [0.29, 0.717) is 11.6 Å². The van der Waals surface area contributed by atoms with E-state index in [0.717, 1.165) is 29.9 Å². The molecule has 1 aromatic carbocycles. The Labute approximate surface area is 123 Å². The predicted octanol–water partition coefficient (Wildman–Crippen LogP) is 3.08. The minimum atomic E-state index is 0.599. The zero-order valence-corrected chi connectivity index (χ0v) is 11.8. The van der Waals surface area contributed by atoms with Gasteiger partial charge in [0.1, 0.15) is 5.65 Å². The Balaban J connectivity index is 2.07. The van der Waals surface area contributed by atoms with Gasteiger partial charge in [0.15, 0.2) is 0 Å². The zero-order valence-electron chi connectivity index (χ0n) is 11.1. The van der Waals surface area contributed by atoms with E-state index in [2.05, 4.69) is 12.1 Å². The fourth-order valence-electron chi connectivity index (χ4n) is 2.45. The minimum absolute atomic E-state index is 0.599. The van der Waals surface area contributed by atoms with Crippen molar-refractivity contribution in [1.29, 1.82) is 0 Å². The summed E-state index contributed by atoms with van der Waals surface area (Å²) >= 11 is 6.08. The lowest BCUT2D eigenvalue weighted by atomic mass is 10.1.